The van der Waals surface area contributed by atoms with Gasteiger partial charge in [0.25, 0.3) is 0 Å². The van der Waals surface area contributed by atoms with E-state index >= 15 is 0 Å². The molecule has 0 radical (unpaired) electrons. The van der Waals surface area contributed by atoms with Gasteiger partial charge in [0, 0.05) is 6.42 Å². The van der Waals surface area contributed by atoms with Crippen LogP contribution in [0.3, 0.4) is 0 Å². The van der Waals surface area contributed by atoms with E-state index in [9.17, 15) is 0 Å². The molecule has 2 nitrogen and oxygen atoms in total. The Morgan fingerprint density at radius 3 is 1.92 bits per heavy atom. The lowest BCUT2D eigenvalue weighted by atomic mass is 10.2. The number of nitriles is 2. The number of hydrogen-bond acceptors (Lipinski definition) is 2. The summed E-state index contributed by atoms with van der Waals surface area (Å²) in [5, 5.41) is 15.9. The Labute approximate surface area is 72.7 Å². The van der Waals surface area contributed by atoms with Crippen molar-refractivity contribution in [2.24, 2.45) is 0 Å². The van der Waals surface area contributed by atoms with E-state index < -0.39 is 0 Å². The van der Waals surface area contributed by atoms with Gasteiger partial charge in [0.15, 0.2) is 0 Å². The standard InChI is InChI=1S/C7H5N.C3H5N/c8-6-7-4-2-1-3-5-7;1-2-3-4/h1-5H;2H2,1H3. The van der Waals surface area contributed by atoms with Crippen LogP contribution in [0, 0.1) is 22.7 Å². The fraction of sp³-hybridized carbons (Fsp3) is 0.200. The average molecular weight is 158 g/mol. The molecule has 0 aliphatic carbocycles. The Balaban J connectivity index is 0.000000261. The first kappa shape index (κ1) is 10.2. The summed E-state index contributed by atoms with van der Waals surface area (Å²) in [4.78, 5) is 0. The minimum atomic E-state index is 0.625. The number of rotatable bonds is 0. The summed E-state index contributed by atoms with van der Waals surface area (Å²) >= 11 is 0. The molecule has 0 aliphatic rings. The van der Waals surface area contributed by atoms with Gasteiger partial charge in [-0.05, 0) is 12.1 Å². The predicted molar refractivity (Wildman–Crippen MR) is 47.1 cm³/mol. The highest BCUT2D eigenvalue weighted by Crippen LogP contribution is 1.93. The van der Waals surface area contributed by atoms with Gasteiger partial charge >= 0.3 is 0 Å². The van der Waals surface area contributed by atoms with E-state index in [0.717, 1.165) is 0 Å². The molecule has 0 saturated heterocycles. The first-order chi connectivity index (χ1) is 5.85. The second kappa shape index (κ2) is 7.31. The van der Waals surface area contributed by atoms with Gasteiger partial charge in [-0.15, -0.1) is 0 Å². The van der Waals surface area contributed by atoms with Gasteiger partial charge < -0.3 is 0 Å². The third kappa shape index (κ3) is 5.02. The fourth-order valence-corrected chi connectivity index (χ4v) is 0.513. The van der Waals surface area contributed by atoms with Crippen LogP contribution in [0.25, 0.3) is 0 Å². The van der Waals surface area contributed by atoms with Gasteiger partial charge in [0.1, 0.15) is 0 Å². The number of hydrogen-bond donors (Lipinski definition) is 0. The summed E-state index contributed by atoms with van der Waals surface area (Å²) in [5.41, 5.74) is 0.715. The van der Waals surface area contributed by atoms with Crippen LogP contribution >= 0.6 is 0 Å². The maximum absolute atomic E-state index is 8.29. The number of benzene rings is 1. The molecule has 0 heterocycles. The van der Waals surface area contributed by atoms with Crippen LogP contribution < -0.4 is 0 Å². The highest BCUT2D eigenvalue weighted by atomic mass is 14.2. The molecule has 60 valence electrons. The summed E-state index contributed by atoms with van der Waals surface area (Å²) < 4.78 is 0. The van der Waals surface area contributed by atoms with E-state index in [2.05, 4.69) is 0 Å². The smallest absolute Gasteiger partial charge is 0.0991 e. The Morgan fingerprint density at radius 2 is 1.67 bits per heavy atom. The van der Waals surface area contributed by atoms with Gasteiger partial charge in [-0.3, -0.25) is 0 Å². The van der Waals surface area contributed by atoms with E-state index in [1.165, 1.54) is 0 Å². The van der Waals surface area contributed by atoms with E-state index in [1.54, 1.807) is 12.1 Å². The molecule has 12 heavy (non-hydrogen) atoms. The van der Waals surface area contributed by atoms with Crippen LogP contribution in [0.2, 0.25) is 0 Å². The van der Waals surface area contributed by atoms with E-state index in [-0.39, 0.29) is 0 Å². The molecule has 0 amide bonds. The molecule has 0 N–H and O–H groups in total. The van der Waals surface area contributed by atoms with Crippen molar-refractivity contribution in [3.05, 3.63) is 35.9 Å². The zero-order valence-electron chi connectivity index (χ0n) is 6.99. The van der Waals surface area contributed by atoms with E-state index in [1.807, 2.05) is 37.3 Å². The monoisotopic (exact) mass is 158 g/mol. The van der Waals surface area contributed by atoms with Crippen LogP contribution in [0.1, 0.15) is 18.9 Å². The van der Waals surface area contributed by atoms with Gasteiger partial charge in [-0.25, -0.2) is 0 Å². The quantitative estimate of drug-likeness (QED) is 0.582. The average Bonchev–Trinajstić information content (AvgIpc) is 2.19. The zero-order valence-corrected chi connectivity index (χ0v) is 6.99. The Morgan fingerprint density at radius 1 is 1.17 bits per heavy atom. The van der Waals surface area contributed by atoms with E-state index in [4.69, 9.17) is 10.5 Å². The van der Waals surface area contributed by atoms with Gasteiger partial charge in [0.2, 0.25) is 0 Å². The first-order valence-electron chi connectivity index (χ1n) is 3.67. The Kier molecular flexibility index (Phi) is 6.21. The van der Waals surface area contributed by atoms with Crippen LogP contribution in [-0.4, -0.2) is 0 Å². The SMILES string of the molecule is CCC#N.N#Cc1ccccc1. The summed E-state index contributed by atoms with van der Waals surface area (Å²) in [6.07, 6.45) is 0.625. The van der Waals surface area contributed by atoms with Crippen molar-refractivity contribution in [2.75, 3.05) is 0 Å². The first-order valence-corrected chi connectivity index (χ1v) is 3.67. The largest absolute Gasteiger partial charge is 0.198 e. The molecular formula is C10H10N2. The maximum atomic E-state index is 8.29. The van der Waals surface area contributed by atoms with Crippen LogP contribution in [0.4, 0.5) is 0 Å². The molecule has 0 saturated carbocycles. The normalized spacial score (nSPS) is 6.92. The fourth-order valence-electron chi connectivity index (χ4n) is 0.513. The minimum absolute atomic E-state index is 0.625. The van der Waals surface area contributed by atoms with Gasteiger partial charge in [-0.2, -0.15) is 10.5 Å². The highest BCUT2D eigenvalue weighted by molar-refractivity contribution is 5.27. The van der Waals surface area contributed by atoms with Crippen LogP contribution in [0.5, 0.6) is 0 Å². The van der Waals surface area contributed by atoms with Gasteiger partial charge in [0.05, 0.1) is 17.7 Å². The number of nitrogens with zero attached hydrogens (tertiary/aromatic N) is 2. The van der Waals surface area contributed by atoms with Crippen molar-refractivity contribution in [1.29, 1.82) is 10.5 Å². The van der Waals surface area contributed by atoms with E-state index in [0.29, 0.717) is 12.0 Å². The molecule has 1 aromatic carbocycles. The van der Waals surface area contributed by atoms with Crippen molar-refractivity contribution in [3.63, 3.8) is 0 Å². The molecule has 0 aromatic heterocycles. The molecule has 0 bridgehead atoms. The second-order valence-corrected chi connectivity index (χ2v) is 1.99. The molecule has 1 rings (SSSR count). The molecular weight excluding hydrogens is 148 g/mol. The van der Waals surface area contributed by atoms with Crippen molar-refractivity contribution < 1.29 is 0 Å². The molecule has 0 spiro atoms. The van der Waals surface area contributed by atoms with Crippen molar-refractivity contribution in [3.8, 4) is 12.1 Å². The zero-order chi connectivity index (χ0) is 9.23. The minimum Gasteiger partial charge on any atom is -0.198 e. The summed E-state index contributed by atoms with van der Waals surface area (Å²) in [5.74, 6) is 0. The lowest BCUT2D eigenvalue weighted by Gasteiger charge is -1.80. The maximum Gasteiger partial charge on any atom is 0.0991 e. The molecule has 1 aromatic rings. The second-order valence-electron chi connectivity index (χ2n) is 1.99. The summed E-state index contributed by atoms with van der Waals surface area (Å²) in [6, 6.07) is 13.1. The lowest BCUT2D eigenvalue weighted by Crippen LogP contribution is -1.66. The summed E-state index contributed by atoms with van der Waals surface area (Å²) in [6.45, 7) is 1.82. The Hall–Kier alpha value is -1.80. The third-order valence-electron chi connectivity index (χ3n) is 1.06. The third-order valence-corrected chi connectivity index (χ3v) is 1.06. The molecule has 0 fully saturated rings. The molecule has 0 unspecified atom stereocenters. The topological polar surface area (TPSA) is 47.6 Å². The molecule has 0 atom stereocenters. The predicted octanol–water partition coefficient (Wildman–Crippen LogP) is 2.48. The lowest BCUT2D eigenvalue weighted by molar-refractivity contribution is 1.22. The van der Waals surface area contributed by atoms with Crippen molar-refractivity contribution in [1.82, 2.24) is 0 Å². The highest BCUT2D eigenvalue weighted by Gasteiger charge is 1.79. The van der Waals surface area contributed by atoms with Crippen LogP contribution in [0.15, 0.2) is 30.3 Å². The summed E-state index contributed by atoms with van der Waals surface area (Å²) in [7, 11) is 0. The Bertz CT molecular complexity index is 277. The van der Waals surface area contributed by atoms with Crippen molar-refractivity contribution >= 4 is 0 Å². The molecule has 2 heteroatoms. The van der Waals surface area contributed by atoms with Gasteiger partial charge in [-0.1, -0.05) is 25.1 Å². The van der Waals surface area contributed by atoms with Crippen LogP contribution in [-0.2, 0) is 0 Å². The molecule has 0 aliphatic heterocycles. The van der Waals surface area contributed by atoms with Crippen molar-refractivity contribution in [2.45, 2.75) is 13.3 Å².